The zero-order valence-electron chi connectivity index (χ0n) is 13.2. The summed E-state index contributed by atoms with van der Waals surface area (Å²) in [5.41, 5.74) is 7.50. The highest BCUT2D eigenvalue weighted by molar-refractivity contribution is 5.87. The minimum Gasteiger partial charge on any atom is -0.384 e. The lowest BCUT2D eigenvalue weighted by Crippen LogP contribution is -2.24. The van der Waals surface area contributed by atoms with Gasteiger partial charge in [-0.3, -0.25) is 4.98 Å². The maximum absolute atomic E-state index is 6.02. The van der Waals surface area contributed by atoms with Gasteiger partial charge in [0.25, 0.3) is 0 Å². The Balaban J connectivity index is 1.47. The Morgan fingerprint density at radius 3 is 2.92 bits per heavy atom. The van der Waals surface area contributed by atoms with Crippen LogP contribution in [-0.4, -0.2) is 39.1 Å². The van der Waals surface area contributed by atoms with Gasteiger partial charge in [-0.25, -0.2) is 15.0 Å². The molecule has 0 bridgehead atoms. The summed E-state index contributed by atoms with van der Waals surface area (Å²) in [6, 6.07) is 7.66. The number of pyridine rings is 2. The van der Waals surface area contributed by atoms with Crippen LogP contribution < -0.4 is 10.6 Å². The van der Waals surface area contributed by atoms with Crippen molar-refractivity contribution in [2.75, 3.05) is 23.7 Å². The summed E-state index contributed by atoms with van der Waals surface area (Å²) < 4.78 is 6.02. The molecule has 1 fully saturated rings. The van der Waals surface area contributed by atoms with E-state index >= 15 is 0 Å². The van der Waals surface area contributed by atoms with Crippen LogP contribution in [0.1, 0.15) is 12.0 Å². The number of rotatable bonds is 4. The second-order valence-electron chi connectivity index (χ2n) is 5.83. The van der Waals surface area contributed by atoms with Crippen LogP contribution >= 0.6 is 0 Å². The molecule has 0 saturated carbocycles. The molecule has 4 rings (SSSR count). The Morgan fingerprint density at radius 1 is 1.17 bits per heavy atom. The van der Waals surface area contributed by atoms with Crippen molar-refractivity contribution in [2.45, 2.75) is 19.1 Å². The number of nitrogen functional groups attached to an aromatic ring is 1. The Bertz CT molecular complexity index is 841. The molecule has 0 aromatic carbocycles. The summed E-state index contributed by atoms with van der Waals surface area (Å²) >= 11 is 0. The van der Waals surface area contributed by atoms with Crippen LogP contribution in [0.25, 0.3) is 11.0 Å². The van der Waals surface area contributed by atoms with Crippen molar-refractivity contribution in [2.24, 2.45) is 0 Å². The Labute approximate surface area is 139 Å². The van der Waals surface area contributed by atoms with E-state index in [2.05, 4.69) is 24.8 Å². The number of hydrogen-bond acceptors (Lipinski definition) is 7. The number of aromatic nitrogens is 4. The molecule has 7 heteroatoms. The highest BCUT2D eigenvalue weighted by Crippen LogP contribution is 2.26. The highest BCUT2D eigenvalue weighted by atomic mass is 16.5. The molecule has 122 valence electrons. The van der Waals surface area contributed by atoms with E-state index in [1.54, 1.807) is 18.5 Å². The average molecular weight is 322 g/mol. The van der Waals surface area contributed by atoms with Crippen molar-refractivity contribution in [3.05, 3.63) is 48.5 Å². The molecule has 3 aromatic rings. The lowest BCUT2D eigenvalue weighted by Gasteiger charge is -2.19. The summed E-state index contributed by atoms with van der Waals surface area (Å²) in [6.07, 6.45) is 6.26. The number of nitrogens with zero attached hydrogens (tertiary/aromatic N) is 5. The number of ether oxygens (including phenoxy) is 1. The molecule has 2 N–H and O–H groups in total. The van der Waals surface area contributed by atoms with Gasteiger partial charge in [0, 0.05) is 25.5 Å². The highest BCUT2D eigenvalue weighted by Gasteiger charge is 2.25. The molecule has 7 nitrogen and oxygen atoms in total. The minimum absolute atomic E-state index is 0.185. The largest absolute Gasteiger partial charge is 0.384 e. The first-order valence-corrected chi connectivity index (χ1v) is 7.92. The molecule has 1 atom stereocenters. The van der Waals surface area contributed by atoms with Crippen LogP contribution in [0.5, 0.6) is 0 Å². The quantitative estimate of drug-likeness (QED) is 0.783. The van der Waals surface area contributed by atoms with Crippen molar-refractivity contribution < 1.29 is 4.74 Å². The molecule has 1 aliphatic rings. The zero-order chi connectivity index (χ0) is 16.4. The van der Waals surface area contributed by atoms with Gasteiger partial charge < -0.3 is 15.4 Å². The van der Waals surface area contributed by atoms with E-state index in [1.165, 1.54) is 6.33 Å². The van der Waals surface area contributed by atoms with Gasteiger partial charge >= 0.3 is 0 Å². The summed E-state index contributed by atoms with van der Waals surface area (Å²) in [7, 11) is 0. The molecule has 4 heterocycles. The van der Waals surface area contributed by atoms with Gasteiger partial charge in [0.05, 0.1) is 18.1 Å². The Hall–Kier alpha value is -2.80. The molecule has 1 aliphatic heterocycles. The van der Waals surface area contributed by atoms with Crippen LogP contribution in [0.3, 0.4) is 0 Å². The molecular formula is C17H18N6O. The number of nitrogens with two attached hydrogens (primary N) is 1. The van der Waals surface area contributed by atoms with E-state index in [4.69, 9.17) is 10.5 Å². The fourth-order valence-electron chi connectivity index (χ4n) is 2.95. The van der Waals surface area contributed by atoms with Gasteiger partial charge in [-0.05, 0) is 36.2 Å². The molecule has 0 amide bonds. The van der Waals surface area contributed by atoms with Gasteiger partial charge in [-0.2, -0.15) is 0 Å². The lowest BCUT2D eigenvalue weighted by atomic mass is 10.3. The third-order valence-electron chi connectivity index (χ3n) is 4.18. The topological polar surface area (TPSA) is 90.0 Å². The molecular weight excluding hydrogens is 304 g/mol. The fraction of sp³-hybridized carbons (Fsp3) is 0.294. The van der Waals surface area contributed by atoms with E-state index in [9.17, 15) is 0 Å². The molecule has 3 aromatic heterocycles. The van der Waals surface area contributed by atoms with Crippen LogP contribution in [0, 0.1) is 0 Å². The standard InChI is InChI=1S/C17H18N6O/c18-15-2-1-14-16(22-15)20-11-21-17(14)23-8-5-13(9-23)24-10-12-3-6-19-7-4-12/h1-4,6-7,11,13H,5,8-10H2,(H2,18,20,21,22). The summed E-state index contributed by atoms with van der Waals surface area (Å²) in [6.45, 7) is 2.31. The van der Waals surface area contributed by atoms with Gasteiger partial charge in [0.2, 0.25) is 0 Å². The maximum atomic E-state index is 6.02. The molecule has 0 aliphatic carbocycles. The van der Waals surface area contributed by atoms with Crippen molar-refractivity contribution in [3.63, 3.8) is 0 Å². The SMILES string of the molecule is Nc1ccc2c(N3CCC(OCc4ccncc4)C3)ncnc2n1. The monoisotopic (exact) mass is 322 g/mol. The minimum atomic E-state index is 0.185. The van der Waals surface area contributed by atoms with E-state index < -0.39 is 0 Å². The summed E-state index contributed by atoms with van der Waals surface area (Å²) in [5.74, 6) is 1.36. The number of anilines is 2. The Morgan fingerprint density at radius 2 is 2.04 bits per heavy atom. The number of fused-ring (bicyclic) bond motifs is 1. The first-order valence-electron chi connectivity index (χ1n) is 7.92. The van der Waals surface area contributed by atoms with Crippen molar-refractivity contribution in [1.82, 2.24) is 19.9 Å². The second-order valence-corrected chi connectivity index (χ2v) is 5.83. The van der Waals surface area contributed by atoms with Crippen LogP contribution in [-0.2, 0) is 11.3 Å². The molecule has 1 saturated heterocycles. The third kappa shape index (κ3) is 2.98. The second kappa shape index (κ2) is 6.37. The fourth-order valence-corrected chi connectivity index (χ4v) is 2.95. The van der Waals surface area contributed by atoms with Crippen molar-refractivity contribution in [3.8, 4) is 0 Å². The first kappa shape index (κ1) is 14.8. The summed E-state index contributed by atoms with van der Waals surface area (Å²) in [5, 5.41) is 0.918. The zero-order valence-corrected chi connectivity index (χ0v) is 13.2. The van der Waals surface area contributed by atoms with Crippen LogP contribution in [0.4, 0.5) is 11.6 Å². The predicted octanol–water partition coefficient (Wildman–Crippen LogP) is 1.80. The average Bonchev–Trinajstić information content (AvgIpc) is 3.09. The number of hydrogen-bond donors (Lipinski definition) is 1. The summed E-state index contributed by atoms with van der Waals surface area (Å²) in [4.78, 5) is 19.2. The van der Waals surface area contributed by atoms with Gasteiger partial charge in [-0.15, -0.1) is 0 Å². The van der Waals surface area contributed by atoms with Gasteiger partial charge in [0.1, 0.15) is 18.0 Å². The van der Waals surface area contributed by atoms with E-state index in [0.29, 0.717) is 18.1 Å². The van der Waals surface area contributed by atoms with Crippen LogP contribution in [0.2, 0.25) is 0 Å². The van der Waals surface area contributed by atoms with E-state index in [-0.39, 0.29) is 6.10 Å². The van der Waals surface area contributed by atoms with Crippen molar-refractivity contribution >= 4 is 22.7 Å². The van der Waals surface area contributed by atoms with Gasteiger partial charge in [-0.1, -0.05) is 0 Å². The predicted molar refractivity (Wildman–Crippen MR) is 91.4 cm³/mol. The first-order chi connectivity index (χ1) is 11.8. The molecule has 0 spiro atoms. The van der Waals surface area contributed by atoms with Gasteiger partial charge in [0.15, 0.2) is 5.65 Å². The molecule has 0 radical (unpaired) electrons. The van der Waals surface area contributed by atoms with E-state index in [0.717, 1.165) is 36.3 Å². The van der Waals surface area contributed by atoms with Crippen molar-refractivity contribution in [1.29, 1.82) is 0 Å². The maximum Gasteiger partial charge on any atom is 0.166 e. The van der Waals surface area contributed by atoms with Crippen LogP contribution in [0.15, 0.2) is 43.0 Å². The Kier molecular flexibility index (Phi) is 3.92. The normalized spacial score (nSPS) is 17.5. The lowest BCUT2D eigenvalue weighted by molar-refractivity contribution is 0.0553. The third-order valence-corrected chi connectivity index (χ3v) is 4.18. The molecule has 1 unspecified atom stereocenters. The molecule has 24 heavy (non-hydrogen) atoms. The smallest absolute Gasteiger partial charge is 0.166 e. The van der Waals surface area contributed by atoms with E-state index in [1.807, 2.05) is 18.2 Å².